The van der Waals surface area contributed by atoms with E-state index in [0.717, 1.165) is 11.6 Å². The summed E-state index contributed by atoms with van der Waals surface area (Å²) in [5, 5.41) is 6.14. The smallest absolute Gasteiger partial charge is 0.317 e. The first-order valence-corrected chi connectivity index (χ1v) is 9.44. The van der Waals surface area contributed by atoms with Crippen molar-refractivity contribution in [1.29, 1.82) is 0 Å². The van der Waals surface area contributed by atoms with Crippen LogP contribution in [0.4, 0.5) is 4.79 Å². The molecule has 2 amide bonds. The van der Waals surface area contributed by atoms with E-state index >= 15 is 0 Å². The van der Waals surface area contributed by atoms with E-state index in [1.807, 2.05) is 18.6 Å². The standard InChI is InChI=1S/C19H25N3OS/c1-14(18-20-8-9-24-18)13-22(2)19(23)21-12-15-10-17(11-15)16-6-4-3-5-7-16/h3-9,14-15,17H,10-13H2,1-2H3,(H,21,23)/t14-,15?,17?/m0/s1. The molecule has 0 saturated heterocycles. The van der Waals surface area contributed by atoms with Crippen molar-refractivity contribution >= 4 is 17.4 Å². The third kappa shape index (κ3) is 4.15. The largest absolute Gasteiger partial charge is 0.338 e. The monoisotopic (exact) mass is 343 g/mol. The summed E-state index contributed by atoms with van der Waals surface area (Å²) in [5.41, 5.74) is 1.43. The van der Waals surface area contributed by atoms with E-state index in [1.54, 1.807) is 16.2 Å². The lowest BCUT2D eigenvalue weighted by Crippen LogP contribution is -2.43. The molecule has 1 N–H and O–H groups in total. The van der Waals surface area contributed by atoms with E-state index in [1.165, 1.54) is 18.4 Å². The van der Waals surface area contributed by atoms with Crippen molar-refractivity contribution in [2.45, 2.75) is 31.6 Å². The summed E-state index contributed by atoms with van der Waals surface area (Å²) in [5.74, 6) is 1.53. The zero-order chi connectivity index (χ0) is 16.9. The molecule has 0 aliphatic heterocycles. The predicted molar refractivity (Wildman–Crippen MR) is 98.5 cm³/mol. The van der Waals surface area contributed by atoms with E-state index in [-0.39, 0.29) is 11.9 Å². The van der Waals surface area contributed by atoms with Crippen LogP contribution < -0.4 is 5.32 Å². The molecule has 1 aliphatic rings. The van der Waals surface area contributed by atoms with Gasteiger partial charge in [0.15, 0.2) is 0 Å². The molecule has 1 aromatic carbocycles. The molecular formula is C19H25N3OS. The molecule has 1 atom stereocenters. The van der Waals surface area contributed by atoms with Crippen molar-refractivity contribution in [3.8, 4) is 0 Å². The fraction of sp³-hybridized carbons (Fsp3) is 0.474. The Hall–Kier alpha value is -1.88. The topological polar surface area (TPSA) is 45.2 Å². The first-order valence-electron chi connectivity index (χ1n) is 8.56. The lowest BCUT2D eigenvalue weighted by molar-refractivity contribution is 0.195. The second kappa shape index (κ2) is 7.79. The summed E-state index contributed by atoms with van der Waals surface area (Å²) in [7, 11) is 1.85. The van der Waals surface area contributed by atoms with Crippen LogP contribution in [0.15, 0.2) is 41.9 Å². The summed E-state index contributed by atoms with van der Waals surface area (Å²) < 4.78 is 0. The Morgan fingerprint density at radius 3 is 2.79 bits per heavy atom. The highest BCUT2D eigenvalue weighted by atomic mass is 32.1. The molecule has 0 spiro atoms. The number of nitrogens with one attached hydrogen (secondary N) is 1. The Bertz CT molecular complexity index is 638. The summed E-state index contributed by atoms with van der Waals surface area (Å²) in [6.45, 7) is 3.58. The number of nitrogens with zero attached hydrogens (tertiary/aromatic N) is 2. The lowest BCUT2D eigenvalue weighted by Gasteiger charge is -2.36. The number of hydrogen-bond acceptors (Lipinski definition) is 3. The Morgan fingerprint density at radius 2 is 2.12 bits per heavy atom. The van der Waals surface area contributed by atoms with Crippen LogP contribution in [0.3, 0.4) is 0 Å². The maximum absolute atomic E-state index is 12.2. The van der Waals surface area contributed by atoms with Crippen LogP contribution in [0, 0.1) is 5.92 Å². The Labute approximate surface area is 147 Å². The van der Waals surface area contributed by atoms with Gasteiger partial charge in [-0.05, 0) is 30.2 Å². The zero-order valence-corrected chi connectivity index (χ0v) is 15.1. The second-order valence-electron chi connectivity index (χ2n) is 6.78. The number of rotatable bonds is 6. The minimum Gasteiger partial charge on any atom is -0.338 e. The molecule has 24 heavy (non-hydrogen) atoms. The number of urea groups is 1. The molecule has 1 aromatic heterocycles. The summed E-state index contributed by atoms with van der Waals surface area (Å²) in [4.78, 5) is 18.3. The van der Waals surface area contributed by atoms with E-state index in [2.05, 4.69) is 47.6 Å². The van der Waals surface area contributed by atoms with Gasteiger partial charge in [0.05, 0.1) is 5.01 Å². The van der Waals surface area contributed by atoms with E-state index in [0.29, 0.717) is 18.4 Å². The minimum atomic E-state index is 0.0153. The van der Waals surface area contributed by atoms with E-state index in [4.69, 9.17) is 0 Å². The SMILES string of the molecule is C[C@@H](CN(C)C(=O)NCC1CC(c2ccccc2)C1)c1nccs1. The molecule has 0 radical (unpaired) electrons. The van der Waals surface area contributed by atoms with Gasteiger partial charge in [0.2, 0.25) is 0 Å². The number of likely N-dealkylation sites (N-methyl/N-ethyl adjacent to an activating group) is 1. The number of amides is 2. The van der Waals surface area contributed by atoms with Gasteiger partial charge >= 0.3 is 6.03 Å². The number of aromatic nitrogens is 1. The molecule has 1 aliphatic carbocycles. The first-order chi connectivity index (χ1) is 11.6. The fourth-order valence-corrected chi connectivity index (χ4v) is 4.01. The normalized spacial score (nSPS) is 20.9. The third-order valence-corrected chi connectivity index (χ3v) is 5.82. The van der Waals surface area contributed by atoms with Gasteiger partial charge < -0.3 is 10.2 Å². The van der Waals surface area contributed by atoms with Gasteiger partial charge in [-0.1, -0.05) is 37.3 Å². The van der Waals surface area contributed by atoms with Gasteiger partial charge in [-0.2, -0.15) is 0 Å². The van der Waals surface area contributed by atoms with Crippen molar-refractivity contribution in [3.63, 3.8) is 0 Å². The van der Waals surface area contributed by atoms with Crippen molar-refractivity contribution in [2.75, 3.05) is 20.1 Å². The van der Waals surface area contributed by atoms with Gasteiger partial charge in [-0.3, -0.25) is 0 Å². The van der Waals surface area contributed by atoms with Gasteiger partial charge in [-0.25, -0.2) is 9.78 Å². The Kier molecular flexibility index (Phi) is 5.51. The van der Waals surface area contributed by atoms with Crippen LogP contribution in [0.5, 0.6) is 0 Å². The number of hydrogen-bond donors (Lipinski definition) is 1. The molecule has 3 rings (SSSR count). The van der Waals surface area contributed by atoms with Gasteiger partial charge in [0.25, 0.3) is 0 Å². The molecule has 2 aromatic rings. The highest BCUT2D eigenvalue weighted by molar-refractivity contribution is 7.09. The average molecular weight is 343 g/mol. The average Bonchev–Trinajstić information content (AvgIpc) is 3.08. The molecular weight excluding hydrogens is 318 g/mol. The second-order valence-corrected chi connectivity index (χ2v) is 7.71. The van der Waals surface area contributed by atoms with Gasteiger partial charge in [0.1, 0.15) is 0 Å². The first kappa shape index (κ1) is 17.0. The summed E-state index contributed by atoms with van der Waals surface area (Å²) >= 11 is 1.64. The Balaban J connectivity index is 1.37. The molecule has 1 heterocycles. The fourth-order valence-electron chi connectivity index (χ4n) is 3.32. The minimum absolute atomic E-state index is 0.0153. The molecule has 1 fully saturated rings. The lowest BCUT2D eigenvalue weighted by atomic mass is 9.71. The van der Waals surface area contributed by atoms with Crippen LogP contribution in [0.1, 0.15) is 42.2 Å². The molecule has 0 unspecified atom stereocenters. The molecule has 1 saturated carbocycles. The highest BCUT2D eigenvalue weighted by Crippen LogP contribution is 2.41. The number of benzene rings is 1. The van der Waals surface area contributed by atoms with Gasteiger partial charge in [-0.15, -0.1) is 11.3 Å². The number of carbonyl (C=O) groups excluding carboxylic acids is 1. The van der Waals surface area contributed by atoms with Crippen LogP contribution in [-0.2, 0) is 0 Å². The highest BCUT2D eigenvalue weighted by Gasteiger charge is 2.30. The maximum atomic E-state index is 12.2. The quantitative estimate of drug-likeness (QED) is 0.859. The number of thiazole rings is 1. The van der Waals surface area contributed by atoms with Crippen molar-refractivity contribution in [3.05, 3.63) is 52.5 Å². The molecule has 128 valence electrons. The summed E-state index contributed by atoms with van der Waals surface area (Å²) in [6, 6.07) is 10.7. The van der Waals surface area contributed by atoms with Crippen molar-refractivity contribution in [1.82, 2.24) is 15.2 Å². The van der Waals surface area contributed by atoms with E-state index < -0.39 is 0 Å². The number of carbonyl (C=O) groups is 1. The maximum Gasteiger partial charge on any atom is 0.317 e. The molecule has 0 bridgehead atoms. The predicted octanol–water partition coefficient (Wildman–Crippen LogP) is 4.08. The van der Waals surface area contributed by atoms with Crippen molar-refractivity contribution in [2.24, 2.45) is 5.92 Å². The summed E-state index contributed by atoms with van der Waals surface area (Å²) in [6.07, 6.45) is 4.16. The van der Waals surface area contributed by atoms with E-state index in [9.17, 15) is 4.79 Å². The molecule has 4 nitrogen and oxygen atoms in total. The molecule has 5 heteroatoms. The van der Waals surface area contributed by atoms with Gasteiger partial charge in [0, 0.05) is 37.6 Å². The zero-order valence-electron chi connectivity index (χ0n) is 14.3. The third-order valence-electron chi connectivity index (χ3n) is 4.82. The van der Waals surface area contributed by atoms with Crippen LogP contribution in [0.25, 0.3) is 0 Å². The Morgan fingerprint density at radius 1 is 1.38 bits per heavy atom. The van der Waals surface area contributed by atoms with Crippen LogP contribution >= 0.6 is 11.3 Å². The van der Waals surface area contributed by atoms with Crippen LogP contribution in [-0.4, -0.2) is 36.1 Å². The van der Waals surface area contributed by atoms with Crippen LogP contribution in [0.2, 0.25) is 0 Å². The van der Waals surface area contributed by atoms with Crippen molar-refractivity contribution < 1.29 is 4.79 Å².